The summed E-state index contributed by atoms with van der Waals surface area (Å²) < 4.78 is 5.19. The molecule has 0 radical (unpaired) electrons. The molecule has 3 nitrogen and oxygen atoms in total. The summed E-state index contributed by atoms with van der Waals surface area (Å²) in [7, 11) is 0. The molecule has 0 saturated heterocycles. The van der Waals surface area contributed by atoms with Gasteiger partial charge in [0.25, 0.3) is 0 Å². The Bertz CT molecular complexity index is 325. The number of carbonyl (C=O) groups excluding carboxylic acids is 2. The van der Waals surface area contributed by atoms with Crippen molar-refractivity contribution in [3.05, 3.63) is 11.6 Å². The lowest BCUT2D eigenvalue weighted by atomic mass is 10.0. The summed E-state index contributed by atoms with van der Waals surface area (Å²) in [4.78, 5) is 23.4. The molecule has 0 amide bonds. The molecule has 0 N–H and O–H groups in total. The molecular formula is C16H26O3. The molecule has 19 heavy (non-hydrogen) atoms. The predicted molar refractivity (Wildman–Crippen MR) is 75.8 cm³/mol. The molecule has 0 unspecified atom stereocenters. The van der Waals surface area contributed by atoms with Gasteiger partial charge in [-0.15, -0.1) is 0 Å². The average Bonchev–Trinajstić information content (AvgIpc) is 2.88. The fourth-order valence-corrected chi connectivity index (χ4v) is 2.46. The van der Waals surface area contributed by atoms with E-state index in [4.69, 9.17) is 4.74 Å². The maximum absolute atomic E-state index is 11.9. The molecule has 0 spiro atoms. The standard InChI is InChI=1S/C16H26O3/c1-3-4-5-8-11-19-16(18)15(13(2)17)12-14-9-6-7-10-14/h12,14H,3-11H2,1-2H3. The first kappa shape index (κ1) is 15.9. The van der Waals surface area contributed by atoms with Crippen molar-refractivity contribution in [3.8, 4) is 0 Å². The molecule has 1 saturated carbocycles. The van der Waals surface area contributed by atoms with Crippen LogP contribution < -0.4 is 0 Å². The molecule has 1 rings (SSSR count). The minimum atomic E-state index is -0.434. The van der Waals surface area contributed by atoms with Crippen molar-refractivity contribution in [1.82, 2.24) is 0 Å². The zero-order valence-corrected chi connectivity index (χ0v) is 12.2. The van der Waals surface area contributed by atoms with Crippen molar-refractivity contribution in [3.63, 3.8) is 0 Å². The van der Waals surface area contributed by atoms with Gasteiger partial charge in [-0.05, 0) is 32.1 Å². The van der Waals surface area contributed by atoms with Crippen LogP contribution in [-0.4, -0.2) is 18.4 Å². The first-order valence-electron chi connectivity index (χ1n) is 7.55. The highest BCUT2D eigenvalue weighted by Gasteiger charge is 2.20. The number of unbranched alkanes of at least 4 members (excludes halogenated alkanes) is 3. The molecule has 0 aromatic heterocycles. The van der Waals surface area contributed by atoms with Crippen LogP contribution in [0, 0.1) is 5.92 Å². The largest absolute Gasteiger partial charge is 0.462 e. The van der Waals surface area contributed by atoms with Gasteiger partial charge in [-0.2, -0.15) is 0 Å². The van der Waals surface area contributed by atoms with Crippen molar-refractivity contribution in [1.29, 1.82) is 0 Å². The number of allylic oxidation sites excluding steroid dienone is 1. The van der Waals surface area contributed by atoms with Crippen LogP contribution in [0.4, 0.5) is 0 Å². The van der Waals surface area contributed by atoms with E-state index in [-0.39, 0.29) is 11.4 Å². The molecule has 0 heterocycles. The summed E-state index contributed by atoms with van der Waals surface area (Å²) in [5.41, 5.74) is 0.252. The highest BCUT2D eigenvalue weighted by molar-refractivity contribution is 6.16. The quantitative estimate of drug-likeness (QED) is 0.220. The summed E-state index contributed by atoms with van der Waals surface area (Å²) in [5.74, 6) is -0.229. The summed E-state index contributed by atoms with van der Waals surface area (Å²) >= 11 is 0. The van der Waals surface area contributed by atoms with Gasteiger partial charge in [0.2, 0.25) is 0 Å². The molecule has 108 valence electrons. The van der Waals surface area contributed by atoms with Crippen molar-refractivity contribution in [2.75, 3.05) is 6.61 Å². The second kappa shape index (κ2) is 8.89. The fourth-order valence-electron chi connectivity index (χ4n) is 2.46. The Morgan fingerprint density at radius 2 is 1.84 bits per heavy atom. The number of hydrogen-bond acceptors (Lipinski definition) is 3. The molecule has 3 heteroatoms. The normalized spacial score (nSPS) is 16.6. The number of rotatable bonds is 8. The van der Waals surface area contributed by atoms with E-state index in [9.17, 15) is 9.59 Å². The topological polar surface area (TPSA) is 43.4 Å². The van der Waals surface area contributed by atoms with E-state index in [2.05, 4.69) is 6.92 Å². The van der Waals surface area contributed by atoms with Gasteiger partial charge in [0.15, 0.2) is 5.78 Å². The maximum atomic E-state index is 11.9. The summed E-state index contributed by atoms with van der Waals surface area (Å²) in [5, 5.41) is 0. The summed E-state index contributed by atoms with van der Waals surface area (Å²) in [6.45, 7) is 4.01. The average molecular weight is 266 g/mol. The van der Waals surface area contributed by atoms with Crippen LogP contribution in [0.1, 0.15) is 65.2 Å². The first-order valence-corrected chi connectivity index (χ1v) is 7.55. The van der Waals surface area contributed by atoms with Crippen LogP contribution in [-0.2, 0) is 14.3 Å². The Morgan fingerprint density at radius 3 is 2.42 bits per heavy atom. The second-order valence-electron chi connectivity index (χ2n) is 5.38. The van der Waals surface area contributed by atoms with Crippen molar-refractivity contribution in [2.45, 2.75) is 65.2 Å². The highest BCUT2D eigenvalue weighted by Crippen LogP contribution is 2.27. The number of hydrogen-bond donors (Lipinski definition) is 0. The van der Waals surface area contributed by atoms with Gasteiger partial charge in [-0.3, -0.25) is 4.79 Å². The Kier molecular flexibility index (Phi) is 7.46. The molecule has 0 aromatic rings. The van der Waals surface area contributed by atoms with E-state index in [1.807, 2.05) is 6.08 Å². The van der Waals surface area contributed by atoms with E-state index >= 15 is 0 Å². The van der Waals surface area contributed by atoms with E-state index in [1.165, 1.54) is 19.8 Å². The van der Waals surface area contributed by atoms with Crippen LogP contribution in [0.5, 0.6) is 0 Å². The maximum Gasteiger partial charge on any atom is 0.341 e. The molecule has 0 atom stereocenters. The fraction of sp³-hybridized carbons (Fsp3) is 0.750. The third-order valence-electron chi connectivity index (χ3n) is 3.63. The molecular weight excluding hydrogens is 240 g/mol. The highest BCUT2D eigenvalue weighted by atomic mass is 16.5. The third-order valence-corrected chi connectivity index (χ3v) is 3.63. The Labute approximate surface area is 116 Å². The number of ether oxygens (including phenoxy) is 1. The molecule has 0 aromatic carbocycles. The summed E-state index contributed by atoms with van der Waals surface area (Å²) in [6, 6.07) is 0. The smallest absolute Gasteiger partial charge is 0.341 e. The van der Waals surface area contributed by atoms with Crippen molar-refractivity contribution >= 4 is 11.8 Å². The van der Waals surface area contributed by atoms with Crippen molar-refractivity contribution < 1.29 is 14.3 Å². The predicted octanol–water partition coefficient (Wildman–Crippen LogP) is 3.82. The lowest BCUT2D eigenvalue weighted by molar-refractivity contribution is -0.140. The number of ketones is 1. The van der Waals surface area contributed by atoms with Crippen LogP contribution in [0.25, 0.3) is 0 Å². The second-order valence-corrected chi connectivity index (χ2v) is 5.38. The van der Waals surface area contributed by atoms with Gasteiger partial charge in [0.05, 0.1) is 12.2 Å². The Balaban J connectivity index is 2.42. The molecule has 0 bridgehead atoms. The van der Waals surface area contributed by atoms with Crippen molar-refractivity contribution in [2.24, 2.45) is 5.92 Å². The van der Waals surface area contributed by atoms with E-state index in [0.29, 0.717) is 12.5 Å². The summed E-state index contributed by atoms with van der Waals surface area (Å²) in [6.07, 6.45) is 10.7. The van der Waals surface area contributed by atoms with Gasteiger partial charge in [0.1, 0.15) is 0 Å². The molecule has 1 aliphatic rings. The number of Topliss-reactive ketones (excluding diaryl/α,β-unsaturated/α-hetero) is 1. The van der Waals surface area contributed by atoms with Gasteiger partial charge in [-0.1, -0.05) is 45.1 Å². The zero-order valence-electron chi connectivity index (χ0n) is 12.2. The zero-order chi connectivity index (χ0) is 14.1. The Morgan fingerprint density at radius 1 is 1.16 bits per heavy atom. The van der Waals surface area contributed by atoms with Gasteiger partial charge >= 0.3 is 5.97 Å². The number of esters is 1. The van der Waals surface area contributed by atoms with E-state index < -0.39 is 5.97 Å². The van der Waals surface area contributed by atoms with Crippen LogP contribution >= 0.6 is 0 Å². The minimum absolute atomic E-state index is 0.176. The van der Waals surface area contributed by atoms with Gasteiger partial charge in [0, 0.05) is 0 Å². The molecule has 1 fully saturated rings. The van der Waals surface area contributed by atoms with Crippen LogP contribution in [0.3, 0.4) is 0 Å². The van der Waals surface area contributed by atoms with E-state index in [1.54, 1.807) is 0 Å². The minimum Gasteiger partial charge on any atom is -0.462 e. The van der Waals surface area contributed by atoms with E-state index in [0.717, 1.165) is 38.5 Å². The van der Waals surface area contributed by atoms with Gasteiger partial charge < -0.3 is 4.74 Å². The Hall–Kier alpha value is -1.12. The lowest BCUT2D eigenvalue weighted by Crippen LogP contribution is -2.15. The molecule has 0 aliphatic heterocycles. The first-order chi connectivity index (χ1) is 9.15. The van der Waals surface area contributed by atoms with Crippen LogP contribution in [0.2, 0.25) is 0 Å². The number of carbonyl (C=O) groups is 2. The van der Waals surface area contributed by atoms with Crippen LogP contribution in [0.15, 0.2) is 11.6 Å². The third kappa shape index (κ3) is 6.04. The SMILES string of the molecule is CCCCCCOC(=O)C(=CC1CCCC1)C(C)=O. The monoisotopic (exact) mass is 266 g/mol. The molecule has 1 aliphatic carbocycles. The lowest BCUT2D eigenvalue weighted by Gasteiger charge is -2.08. The van der Waals surface area contributed by atoms with Gasteiger partial charge in [-0.25, -0.2) is 4.79 Å².